The third-order valence-electron chi connectivity index (χ3n) is 4.94. The molecule has 148 valence electrons. The second-order valence-corrected chi connectivity index (χ2v) is 9.13. The average Bonchev–Trinajstić information content (AvgIpc) is 3.13. The maximum Gasteiger partial charge on any atom is 0.227 e. The number of anilines is 1. The van der Waals surface area contributed by atoms with Gasteiger partial charge in [0.05, 0.1) is 31.9 Å². The van der Waals surface area contributed by atoms with Gasteiger partial charge < -0.3 is 14.5 Å². The lowest BCUT2D eigenvalue weighted by atomic mass is 10.1. The molecule has 1 aromatic heterocycles. The molecule has 0 unspecified atom stereocenters. The number of amides is 1. The second-order valence-electron chi connectivity index (χ2n) is 7.48. The third kappa shape index (κ3) is 4.47. The van der Waals surface area contributed by atoms with Crippen LogP contribution >= 0.6 is 11.8 Å². The number of rotatable bonds is 5. The molecule has 0 radical (unpaired) electrons. The van der Waals surface area contributed by atoms with E-state index in [1.54, 1.807) is 0 Å². The molecule has 0 bridgehead atoms. The van der Waals surface area contributed by atoms with E-state index in [2.05, 4.69) is 48.0 Å². The Morgan fingerprint density at radius 2 is 1.93 bits per heavy atom. The average molecular weight is 399 g/mol. The lowest BCUT2D eigenvalue weighted by Gasteiger charge is -2.26. The highest BCUT2D eigenvalue weighted by Gasteiger charge is 2.26. The van der Waals surface area contributed by atoms with Gasteiger partial charge in [0.25, 0.3) is 0 Å². The van der Waals surface area contributed by atoms with Gasteiger partial charge in [-0.25, -0.2) is 9.97 Å². The largest absolute Gasteiger partial charge is 0.378 e. The summed E-state index contributed by atoms with van der Waals surface area (Å²) in [6, 6.07) is 8.32. The van der Waals surface area contributed by atoms with E-state index in [4.69, 9.17) is 9.72 Å². The van der Waals surface area contributed by atoms with Gasteiger partial charge >= 0.3 is 0 Å². The summed E-state index contributed by atoms with van der Waals surface area (Å²) < 4.78 is 5.39. The smallest absolute Gasteiger partial charge is 0.227 e. The fourth-order valence-electron chi connectivity index (χ4n) is 3.48. The van der Waals surface area contributed by atoms with Gasteiger partial charge in [-0.2, -0.15) is 0 Å². The quantitative estimate of drug-likeness (QED) is 0.722. The number of morpholine rings is 1. The molecule has 2 aliphatic rings. The number of carbonyl (C=O) groups excluding carboxylic acids is 1. The SMILES string of the molecule is CC(C)Sc1ccc(CC(=O)N2Cc3cnc(N4CCOCC4)nc3C2)cc1. The van der Waals surface area contributed by atoms with Crippen LogP contribution in [0, 0.1) is 0 Å². The van der Waals surface area contributed by atoms with Crippen molar-refractivity contribution in [2.24, 2.45) is 0 Å². The Balaban J connectivity index is 1.37. The molecule has 2 aromatic rings. The number of nitrogens with zero attached hydrogens (tertiary/aromatic N) is 4. The maximum absolute atomic E-state index is 12.8. The molecule has 1 fully saturated rings. The number of carbonyl (C=O) groups is 1. The van der Waals surface area contributed by atoms with Crippen LogP contribution in [0.4, 0.5) is 5.95 Å². The van der Waals surface area contributed by atoms with Crippen molar-refractivity contribution in [2.45, 2.75) is 43.5 Å². The van der Waals surface area contributed by atoms with Crippen LogP contribution in [0.3, 0.4) is 0 Å². The van der Waals surface area contributed by atoms with E-state index in [1.165, 1.54) is 4.90 Å². The van der Waals surface area contributed by atoms with Gasteiger partial charge in [-0.1, -0.05) is 26.0 Å². The topological polar surface area (TPSA) is 58.6 Å². The van der Waals surface area contributed by atoms with E-state index in [1.807, 2.05) is 22.9 Å². The van der Waals surface area contributed by atoms with Crippen LogP contribution in [0.1, 0.15) is 30.7 Å². The van der Waals surface area contributed by atoms with Gasteiger partial charge in [-0.15, -0.1) is 11.8 Å². The minimum Gasteiger partial charge on any atom is -0.378 e. The summed E-state index contributed by atoms with van der Waals surface area (Å²) in [5.74, 6) is 0.879. The summed E-state index contributed by atoms with van der Waals surface area (Å²) in [7, 11) is 0. The van der Waals surface area contributed by atoms with Crippen molar-refractivity contribution < 1.29 is 9.53 Å². The molecule has 1 aromatic carbocycles. The molecule has 28 heavy (non-hydrogen) atoms. The molecule has 0 N–H and O–H groups in total. The summed E-state index contributed by atoms with van der Waals surface area (Å²) in [6.07, 6.45) is 2.29. The van der Waals surface area contributed by atoms with Crippen LogP contribution in [0.2, 0.25) is 0 Å². The predicted octanol–water partition coefficient (Wildman–Crippen LogP) is 2.90. The van der Waals surface area contributed by atoms with E-state index >= 15 is 0 Å². The molecule has 0 spiro atoms. The lowest BCUT2D eigenvalue weighted by molar-refractivity contribution is -0.131. The highest BCUT2D eigenvalue weighted by atomic mass is 32.2. The van der Waals surface area contributed by atoms with Gasteiger partial charge in [0, 0.05) is 41.5 Å². The van der Waals surface area contributed by atoms with Crippen LogP contribution in [0.5, 0.6) is 0 Å². The molecular weight excluding hydrogens is 372 g/mol. The zero-order chi connectivity index (χ0) is 19.5. The van der Waals surface area contributed by atoms with E-state index in [0.717, 1.165) is 35.9 Å². The Bertz CT molecular complexity index is 835. The number of aromatic nitrogens is 2. The number of hydrogen-bond donors (Lipinski definition) is 0. The Kier molecular flexibility index (Phi) is 5.82. The third-order valence-corrected chi connectivity index (χ3v) is 5.96. The second kappa shape index (κ2) is 8.49. The molecule has 7 heteroatoms. The minimum absolute atomic E-state index is 0.134. The zero-order valence-corrected chi connectivity index (χ0v) is 17.2. The van der Waals surface area contributed by atoms with Crippen LogP contribution in [0.25, 0.3) is 0 Å². The summed E-state index contributed by atoms with van der Waals surface area (Å²) in [5, 5.41) is 0.555. The molecule has 6 nitrogen and oxygen atoms in total. The van der Waals surface area contributed by atoms with Crippen LogP contribution in [-0.4, -0.2) is 52.3 Å². The van der Waals surface area contributed by atoms with Gasteiger partial charge in [-0.3, -0.25) is 4.79 Å². The first kappa shape index (κ1) is 19.2. The molecule has 0 atom stereocenters. The maximum atomic E-state index is 12.8. The normalized spacial score (nSPS) is 16.5. The van der Waals surface area contributed by atoms with Crippen molar-refractivity contribution in [3.8, 4) is 0 Å². The van der Waals surface area contributed by atoms with Gasteiger partial charge in [0.2, 0.25) is 11.9 Å². The number of ether oxygens (including phenoxy) is 1. The zero-order valence-electron chi connectivity index (χ0n) is 16.4. The fraction of sp³-hybridized carbons (Fsp3) is 0.476. The van der Waals surface area contributed by atoms with Crippen molar-refractivity contribution in [1.82, 2.24) is 14.9 Å². The van der Waals surface area contributed by atoms with E-state index in [0.29, 0.717) is 38.0 Å². The first-order chi connectivity index (χ1) is 13.6. The number of hydrogen-bond acceptors (Lipinski definition) is 6. The van der Waals surface area contributed by atoms with E-state index in [-0.39, 0.29) is 5.91 Å². The van der Waals surface area contributed by atoms with Crippen molar-refractivity contribution in [2.75, 3.05) is 31.2 Å². The predicted molar refractivity (Wildman–Crippen MR) is 110 cm³/mol. The standard InChI is InChI=1S/C21H26N4O2S/c1-15(2)28-18-5-3-16(4-6-18)11-20(26)25-13-17-12-22-21(23-19(17)14-25)24-7-9-27-10-8-24/h3-6,12,15H,7-11,13-14H2,1-2H3. The Labute approximate surface area is 170 Å². The molecular formula is C21H26N4O2S. The van der Waals surface area contributed by atoms with Crippen molar-refractivity contribution >= 4 is 23.6 Å². The Morgan fingerprint density at radius 3 is 2.64 bits per heavy atom. The summed E-state index contributed by atoms with van der Waals surface area (Å²) in [5.41, 5.74) is 3.07. The van der Waals surface area contributed by atoms with E-state index < -0.39 is 0 Å². The van der Waals surface area contributed by atoms with Gasteiger partial charge in [0.1, 0.15) is 0 Å². The van der Waals surface area contributed by atoms with Gasteiger partial charge in [-0.05, 0) is 17.7 Å². The van der Waals surface area contributed by atoms with Crippen LogP contribution < -0.4 is 4.90 Å². The van der Waals surface area contributed by atoms with Crippen LogP contribution in [0.15, 0.2) is 35.4 Å². The molecule has 1 saturated heterocycles. The first-order valence-electron chi connectivity index (χ1n) is 9.79. The van der Waals surface area contributed by atoms with E-state index in [9.17, 15) is 4.79 Å². The van der Waals surface area contributed by atoms with Crippen molar-refractivity contribution in [3.63, 3.8) is 0 Å². The van der Waals surface area contributed by atoms with Crippen molar-refractivity contribution in [3.05, 3.63) is 47.3 Å². The summed E-state index contributed by atoms with van der Waals surface area (Å²) in [6.45, 7) is 8.56. The molecule has 1 amide bonds. The van der Waals surface area contributed by atoms with Crippen molar-refractivity contribution in [1.29, 1.82) is 0 Å². The van der Waals surface area contributed by atoms with Crippen LogP contribution in [-0.2, 0) is 29.0 Å². The molecule has 0 saturated carbocycles. The molecule has 0 aliphatic carbocycles. The summed E-state index contributed by atoms with van der Waals surface area (Å²) in [4.78, 5) is 27.3. The first-order valence-corrected chi connectivity index (χ1v) is 10.7. The van der Waals surface area contributed by atoms with Gasteiger partial charge in [0.15, 0.2) is 0 Å². The number of thioether (sulfide) groups is 1. The lowest BCUT2D eigenvalue weighted by Crippen LogP contribution is -2.37. The molecule has 2 aliphatic heterocycles. The highest BCUT2D eigenvalue weighted by Crippen LogP contribution is 2.25. The molecule has 4 rings (SSSR count). The Hall–Kier alpha value is -2.12. The number of benzene rings is 1. The highest BCUT2D eigenvalue weighted by molar-refractivity contribution is 7.99. The Morgan fingerprint density at radius 1 is 1.18 bits per heavy atom. The monoisotopic (exact) mass is 398 g/mol. The summed E-state index contributed by atoms with van der Waals surface area (Å²) >= 11 is 1.83. The molecule has 3 heterocycles. The fourth-order valence-corrected chi connectivity index (χ4v) is 4.32. The minimum atomic E-state index is 0.134. The number of fused-ring (bicyclic) bond motifs is 1.